The number of thiophene rings is 1. The molecule has 1 nitrogen and oxygen atoms in total. The number of hydrogen-bond donors (Lipinski definition) is 0. The van der Waals surface area contributed by atoms with Crippen LogP contribution in [0.5, 0.6) is 0 Å². The second-order valence-corrected chi connectivity index (χ2v) is 18.3. The highest BCUT2D eigenvalue weighted by Gasteiger charge is 2.47. The van der Waals surface area contributed by atoms with E-state index in [4.69, 9.17) is 0 Å². The first-order valence-electron chi connectivity index (χ1n) is 22.4. The van der Waals surface area contributed by atoms with Gasteiger partial charge in [0.2, 0.25) is 0 Å². The molecule has 1 aromatic heterocycles. The Hall–Kier alpha value is -8.04. The second-order valence-electron chi connectivity index (χ2n) is 17.2. The van der Waals surface area contributed by atoms with E-state index in [-0.39, 0.29) is 0 Å². The van der Waals surface area contributed by atoms with Gasteiger partial charge in [-0.3, -0.25) is 0 Å². The lowest BCUT2D eigenvalue weighted by atomic mass is 9.68. The van der Waals surface area contributed by atoms with Crippen LogP contribution < -0.4 is 4.90 Å². The molecule has 0 atom stereocenters. The highest BCUT2D eigenvalue weighted by molar-refractivity contribution is 7.25. The van der Waals surface area contributed by atoms with Crippen molar-refractivity contribution in [2.75, 3.05) is 4.90 Å². The van der Waals surface area contributed by atoms with Crippen molar-refractivity contribution in [1.29, 1.82) is 0 Å². The number of anilines is 3. The predicted molar refractivity (Wildman–Crippen MR) is 277 cm³/mol. The summed E-state index contributed by atoms with van der Waals surface area (Å²) in [5.74, 6) is 0. The average Bonchev–Trinajstić information content (AvgIpc) is 3.91. The molecule has 0 N–H and O–H groups in total. The first kappa shape index (κ1) is 37.5. The van der Waals surface area contributed by atoms with E-state index in [1.54, 1.807) is 0 Å². The maximum atomic E-state index is 2.49. The van der Waals surface area contributed by atoms with Crippen LogP contribution in [0.1, 0.15) is 22.3 Å². The van der Waals surface area contributed by atoms with Crippen molar-refractivity contribution in [3.05, 3.63) is 271 Å². The molecule has 0 bridgehead atoms. The summed E-state index contributed by atoms with van der Waals surface area (Å²) < 4.78 is 2.59. The van der Waals surface area contributed by atoms with Crippen molar-refractivity contribution < 1.29 is 0 Å². The minimum absolute atomic E-state index is 0.498. The summed E-state index contributed by atoms with van der Waals surface area (Å²) in [7, 11) is 0. The summed E-state index contributed by atoms with van der Waals surface area (Å²) in [6.07, 6.45) is 0. The first-order chi connectivity index (χ1) is 32.2. The molecule has 2 heteroatoms. The molecule has 1 aliphatic carbocycles. The van der Waals surface area contributed by atoms with Gasteiger partial charge < -0.3 is 4.90 Å². The van der Waals surface area contributed by atoms with E-state index < -0.39 is 5.41 Å². The van der Waals surface area contributed by atoms with E-state index >= 15 is 0 Å². The molecular formula is C63H41NS. The van der Waals surface area contributed by atoms with Gasteiger partial charge >= 0.3 is 0 Å². The second kappa shape index (κ2) is 15.1. The van der Waals surface area contributed by atoms with E-state index in [0.717, 1.165) is 17.1 Å². The summed E-state index contributed by atoms with van der Waals surface area (Å²) in [5, 5.41) is 7.59. The molecule has 0 radical (unpaired) electrons. The van der Waals surface area contributed by atoms with Gasteiger partial charge in [-0.2, -0.15) is 0 Å². The molecule has 0 saturated heterocycles. The van der Waals surface area contributed by atoms with Crippen LogP contribution in [0.3, 0.4) is 0 Å². The fourth-order valence-corrected chi connectivity index (χ4v) is 11.9. The van der Waals surface area contributed by atoms with Crippen LogP contribution in [0.25, 0.3) is 75.1 Å². The summed E-state index contributed by atoms with van der Waals surface area (Å²) in [4.78, 5) is 2.49. The number of hydrogen-bond acceptors (Lipinski definition) is 2. The molecule has 12 aromatic rings. The van der Waals surface area contributed by atoms with E-state index in [1.807, 2.05) is 11.3 Å². The van der Waals surface area contributed by atoms with Crippen molar-refractivity contribution in [3.63, 3.8) is 0 Å². The van der Waals surface area contributed by atoms with E-state index in [1.165, 1.54) is 97.4 Å². The Bertz CT molecular complexity index is 3730. The molecule has 1 heterocycles. The molecule has 11 aromatic carbocycles. The van der Waals surface area contributed by atoms with Crippen LogP contribution in [0, 0.1) is 0 Å². The lowest BCUT2D eigenvalue weighted by Crippen LogP contribution is -2.28. The SMILES string of the molecule is c1ccc(C2(c3ccccc3)c3ccccc3-c3c(N(c4ccc(-c5ccc6cc(-c7ccc8ccccc8c7)ccc6c5)cc4)c4ccc5c(c4)sc4ccccc45)cccc32)cc1. The minimum Gasteiger partial charge on any atom is -0.310 e. The molecule has 0 saturated carbocycles. The van der Waals surface area contributed by atoms with E-state index in [2.05, 4.69) is 254 Å². The molecule has 0 fully saturated rings. The molecule has 0 amide bonds. The molecule has 65 heavy (non-hydrogen) atoms. The summed E-state index contributed by atoms with van der Waals surface area (Å²) in [6.45, 7) is 0. The van der Waals surface area contributed by atoms with Gasteiger partial charge in [0, 0.05) is 37.1 Å². The van der Waals surface area contributed by atoms with Gasteiger partial charge in [-0.1, -0.05) is 194 Å². The van der Waals surface area contributed by atoms with Crippen LogP contribution in [-0.2, 0) is 5.41 Å². The number of fused-ring (bicyclic) bond motifs is 8. The monoisotopic (exact) mass is 843 g/mol. The fourth-order valence-electron chi connectivity index (χ4n) is 10.7. The summed E-state index contributed by atoms with van der Waals surface area (Å²) in [5.41, 5.74) is 15.4. The molecule has 0 aliphatic heterocycles. The van der Waals surface area contributed by atoms with Crippen LogP contribution in [0.2, 0.25) is 0 Å². The highest BCUT2D eigenvalue weighted by Crippen LogP contribution is 2.59. The Morgan fingerprint density at radius 2 is 0.846 bits per heavy atom. The molecular weight excluding hydrogens is 803 g/mol. The van der Waals surface area contributed by atoms with Gasteiger partial charge in [0.05, 0.1) is 11.1 Å². The zero-order chi connectivity index (χ0) is 42.9. The van der Waals surface area contributed by atoms with Crippen molar-refractivity contribution in [1.82, 2.24) is 0 Å². The number of benzene rings is 11. The molecule has 13 rings (SSSR count). The quantitative estimate of drug-likeness (QED) is 0.154. The largest absolute Gasteiger partial charge is 0.310 e. The van der Waals surface area contributed by atoms with E-state index in [9.17, 15) is 0 Å². The molecule has 304 valence electrons. The maximum absolute atomic E-state index is 2.49. The topological polar surface area (TPSA) is 3.24 Å². The maximum Gasteiger partial charge on any atom is 0.0714 e. The van der Waals surface area contributed by atoms with Crippen LogP contribution in [-0.4, -0.2) is 0 Å². The van der Waals surface area contributed by atoms with Gasteiger partial charge in [0.1, 0.15) is 0 Å². The van der Waals surface area contributed by atoms with Crippen molar-refractivity contribution >= 4 is 70.1 Å². The molecule has 0 unspecified atom stereocenters. The Morgan fingerprint density at radius 3 is 1.57 bits per heavy atom. The number of nitrogens with zero attached hydrogens (tertiary/aromatic N) is 1. The van der Waals surface area contributed by atoms with Gasteiger partial charge in [-0.25, -0.2) is 0 Å². The zero-order valence-corrected chi connectivity index (χ0v) is 36.3. The van der Waals surface area contributed by atoms with Gasteiger partial charge in [0.25, 0.3) is 0 Å². The third-order valence-electron chi connectivity index (χ3n) is 13.7. The Morgan fingerprint density at radius 1 is 0.323 bits per heavy atom. The van der Waals surface area contributed by atoms with Crippen molar-refractivity contribution in [3.8, 4) is 33.4 Å². The number of rotatable bonds is 7. The molecule has 1 aliphatic rings. The van der Waals surface area contributed by atoms with Crippen molar-refractivity contribution in [2.45, 2.75) is 5.41 Å². The fraction of sp³-hybridized carbons (Fsp3) is 0.0159. The van der Waals surface area contributed by atoms with Gasteiger partial charge in [-0.05, 0) is 126 Å². The van der Waals surface area contributed by atoms with Gasteiger partial charge in [0.15, 0.2) is 0 Å². The smallest absolute Gasteiger partial charge is 0.0714 e. The summed E-state index contributed by atoms with van der Waals surface area (Å²) >= 11 is 1.87. The highest BCUT2D eigenvalue weighted by atomic mass is 32.1. The van der Waals surface area contributed by atoms with E-state index in [0.29, 0.717) is 0 Å². The van der Waals surface area contributed by atoms with Crippen LogP contribution in [0.4, 0.5) is 17.1 Å². The third-order valence-corrected chi connectivity index (χ3v) is 14.8. The normalized spacial score (nSPS) is 12.7. The van der Waals surface area contributed by atoms with Crippen LogP contribution >= 0.6 is 11.3 Å². The lowest BCUT2D eigenvalue weighted by Gasteiger charge is -2.34. The van der Waals surface area contributed by atoms with Crippen LogP contribution in [0.15, 0.2) is 249 Å². The predicted octanol–water partition coefficient (Wildman–Crippen LogP) is 17.5. The van der Waals surface area contributed by atoms with Gasteiger partial charge in [-0.15, -0.1) is 11.3 Å². The third kappa shape index (κ3) is 5.99. The summed E-state index contributed by atoms with van der Waals surface area (Å²) in [6, 6.07) is 92.2. The van der Waals surface area contributed by atoms with Crippen molar-refractivity contribution in [2.24, 2.45) is 0 Å². The average molecular weight is 844 g/mol. The lowest BCUT2D eigenvalue weighted by molar-refractivity contribution is 0.768. The zero-order valence-electron chi connectivity index (χ0n) is 35.5. The Labute approximate surface area is 382 Å². The molecule has 0 spiro atoms. The minimum atomic E-state index is -0.498. The standard InChI is InChI=1S/C63H41NS/c1-3-16-50(17-4-1)63(51-18-5-2-6-19-51)57-22-11-9-21-56(57)62-58(63)23-13-24-59(62)64(53-36-37-55-54-20-10-12-25-60(54)65-61(55)41-53)52-34-32-43(33-35-52)45-28-29-48-40-49(31-30-47(48)39-45)46-27-26-42-14-7-8-15-44(42)38-46/h1-41H. The Kier molecular flexibility index (Phi) is 8.69. The Balaban J connectivity index is 0.960. The first-order valence-corrected chi connectivity index (χ1v) is 23.2.